The molecule has 0 bridgehead atoms. The molecule has 0 aliphatic carbocycles. The van der Waals surface area contributed by atoms with Gasteiger partial charge in [0.2, 0.25) is 0 Å². The molecule has 0 amide bonds. The average Bonchev–Trinajstić information content (AvgIpc) is 2.77. The van der Waals surface area contributed by atoms with Gasteiger partial charge in [-0.25, -0.2) is 0 Å². The third-order valence-corrected chi connectivity index (χ3v) is 5.57. The van der Waals surface area contributed by atoms with Crippen molar-refractivity contribution in [3.63, 3.8) is 0 Å². The van der Waals surface area contributed by atoms with Gasteiger partial charge in [-0.3, -0.25) is 4.90 Å². The smallest absolute Gasteiger partial charge is 0.119 e. The number of piperidine rings is 1. The minimum absolute atomic E-state index is 0.298. The van der Waals surface area contributed by atoms with Crippen molar-refractivity contribution in [1.82, 2.24) is 15.1 Å². The lowest BCUT2D eigenvalue weighted by atomic mass is 10.1. The lowest BCUT2D eigenvalue weighted by Crippen LogP contribution is -2.35. The molecule has 5 heteroatoms. The number of ether oxygens (including phenoxy) is 1. The van der Waals surface area contributed by atoms with Crippen molar-refractivity contribution in [3.8, 4) is 5.75 Å². The quantitative estimate of drug-likeness (QED) is 0.526. The van der Waals surface area contributed by atoms with Crippen LogP contribution in [-0.4, -0.2) is 67.4 Å². The second-order valence-corrected chi connectivity index (χ2v) is 8.37. The molecule has 1 heterocycles. The number of rotatable bonds is 12. The maximum atomic E-state index is 10.3. The van der Waals surface area contributed by atoms with Crippen molar-refractivity contribution in [1.29, 1.82) is 0 Å². The Labute approximate surface area is 181 Å². The summed E-state index contributed by atoms with van der Waals surface area (Å²) in [6.07, 6.45) is 3.56. The van der Waals surface area contributed by atoms with Crippen LogP contribution in [0.3, 0.4) is 0 Å². The van der Waals surface area contributed by atoms with E-state index in [1.165, 1.54) is 43.5 Å². The summed E-state index contributed by atoms with van der Waals surface area (Å²) < 4.78 is 5.78. The highest BCUT2D eigenvalue weighted by atomic mass is 16.5. The minimum atomic E-state index is -0.519. The summed E-state index contributed by atoms with van der Waals surface area (Å²) in [6.45, 7) is 7.24. The number of likely N-dealkylation sites (tertiary alicyclic amines) is 1. The first-order valence-electron chi connectivity index (χ1n) is 11.2. The fraction of sp³-hybridized carbons (Fsp3) is 0.520. The van der Waals surface area contributed by atoms with E-state index in [1.807, 2.05) is 37.4 Å². The fourth-order valence-corrected chi connectivity index (χ4v) is 3.92. The van der Waals surface area contributed by atoms with Crippen LogP contribution in [0.2, 0.25) is 0 Å². The van der Waals surface area contributed by atoms with Gasteiger partial charge in [-0.1, -0.05) is 48.9 Å². The summed E-state index contributed by atoms with van der Waals surface area (Å²) in [5, 5.41) is 13.8. The molecule has 2 N–H and O–H groups in total. The number of nitrogens with zero attached hydrogens (tertiary/aromatic N) is 2. The number of hydrogen-bond acceptors (Lipinski definition) is 5. The van der Waals surface area contributed by atoms with Gasteiger partial charge in [0.1, 0.15) is 18.5 Å². The maximum absolute atomic E-state index is 10.3. The molecular formula is C25H37N3O2. The Bertz CT molecular complexity index is 702. The molecular weight excluding hydrogens is 374 g/mol. The number of hydrogen-bond donors (Lipinski definition) is 2. The van der Waals surface area contributed by atoms with Gasteiger partial charge in [0.15, 0.2) is 0 Å². The van der Waals surface area contributed by atoms with Crippen LogP contribution in [0.5, 0.6) is 5.75 Å². The predicted molar refractivity (Wildman–Crippen MR) is 123 cm³/mol. The van der Waals surface area contributed by atoms with E-state index in [-0.39, 0.29) is 0 Å². The molecule has 1 aliphatic heterocycles. The lowest BCUT2D eigenvalue weighted by Gasteiger charge is -2.26. The summed E-state index contributed by atoms with van der Waals surface area (Å²) in [4.78, 5) is 4.66. The fourth-order valence-electron chi connectivity index (χ4n) is 3.92. The van der Waals surface area contributed by atoms with Crippen LogP contribution in [0.15, 0.2) is 54.6 Å². The highest BCUT2D eigenvalue weighted by Gasteiger charge is 2.10. The molecule has 0 spiro atoms. The van der Waals surface area contributed by atoms with Crippen molar-refractivity contribution < 1.29 is 9.84 Å². The van der Waals surface area contributed by atoms with Crippen molar-refractivity contribution >= 4 is 0 Å². The van der Waals surface area contributed by atoms with Gasteiger partial charge in [0.25, 0.3) is 0 Å². The molecule has 1 aliphatic rings. The third kappa shape index (κ3) is 8.44. The van der Waals surface area contributed by atoms with Crippen LogP contribution in [0.4, 0.5) is 0 Å². The van der Waals surface area contributed by atoms with E-state index in [1.54, 1.807) is 0 Å². The Hall–Kier alpha value is -1.92. The molecule has 0 aromatic heterocycles. The third-order valence-electron chi connectivity index (χ3n) is 5.57. The second kappa shape index (κ2) is 12.7. The van der Waals surface area contributed by atoms with Gasteiger partial charge in [-0.05, 0) is 56.2 Å². The molecule has 2 aromatic carbocycles. The molecule has 1 fully saturated rings. The van der Waals surface area contributed by atoms with Gasteiger partial charge in [-0.15, -0.1) is 0 Å². The first-order chi connectivity index (χ1) is 14.7. The highest BCUT2D eigenvalue weighted by molar-refractivity contribution is 5.27. The van der Waals surface area contributed by atoms with Crippen molar-refractivity contribution in [2.45, 2.75) is 38.5 Å². The monoisotopic (exact) mass is 411 g/mol. The molecule has 30 heavy (non-hydrogen) atoms. The molecule has 0 radical (unpaired) electrons. The molecule has 2 aromatic rings. The van der Waals surface area contributed by atoms with Crippen LogP contribution >= 0.6 is 0 Å². The van der Waals surface area contributed by atoms with Crippen LogP contribution in [0.25, 0.3) is 0 Å². The highest BCUT2D eigenvalue weighted by Crippen LogP contribution is 2.13. The van der Waals surface area contributed by atoms with Crippen LogP contribution in [0.1, 0.15) is 30.4 Å². The first kappa shape index (κ1) is 22.8. The summed E-state index contributed by atoms with van der Waals surface area (Å²) >= 11 is 0. The normalized spacial score (nSPS) is 16.0. The zero-order chi connectivity index (χ0) is 21.0. The van der Waals surface area contributed by atoms with Crippen LogP contribution in [-0.2, 0) is 13.1 Å². The van der Waals surface area contributed by atoms with E-state index < -0.39 is 6.10 Å². The van der Waals surface area contributed by atoms with Gasteiger partial charge < -0.3 is 20.1 Å². The number of likely N-dealkylation sites (N-methyl/N-ethyl adjacent to an activating group) is 1. The Kier molecular flexibility index (Phi) is 9.64. The van der Waals surface area contributed by atoms with E-state index in [2.05, 4.69) is 39.4 Å². The van der Waals surface area contributed by atoms with Gasteiger partial charge in [0, 0.05) is 32.7 Å². The average molecular weight is 412 g/mol. The SMILES string of the molecule is CN(Cc1ccccc1)CC(O)COc1ccc(CNCCN2CCCCC2)cc1. The Balaban J connectivity index is 1.29. The number of aliphatic hydroxyl groups excluding tert-OH is 1. The van der Waals surface area contributed by atoms with Gasteiger partial charge in [-0.2, -0.15) is 0 Å². The molecule has 3 rings (SSSR count). The lowest BCUT2D eigenvalue weighted by molar-refractivity contribution is 0.0744. The van der Waals surface area contributed by atoms with E-state index >= 15 is 0 Å². The van der Waals surface area contributed by atoms with Gasteiger partial charge >= 0.3 is 0 Å². The molecule has 0 saturated carbocycles. The topological polar surface area (TPSA) is 48.0 Å². The van der Waals surface area contributed by atoms with Crippen molar-refractivity contribution in [2.24, 2.45) is 0 Å². The first-order valence-corrected chi connectivity index (χ1v) is 11.2. The minimum Gasteiger partial charge on any atom is -0.491 e. The van der Waals surface area contributed by atoms with E-state index in [4.69, 9.17) is 4.74 Å². The Morgan fingerprint density at radius 3 is 2.47 bits per heavy atom. The van der Waals surface area contributed by atoms with E-state index in [9.17, 15) is 5.11 Å². The molecule has 1 unspecified atom stereocenters. The van der Waals surface area contributed by atoms with E-state index in [0.29, 0.717) is 13.2 Å². The van der Waals surface area contributed by atoms with Crippen LogP contribution in [0, 0.1) is 0 Å². The standard InChI is InChI=1S/C25H37N3O2/c1-27(19-23-8-4-2-5-9-23)20-24(29)21-30-25-12-10-22(11-13-25)18-26-14-17-28-15-6-3-7-16-28/h2,4-5,8-13,24,26,29H,3,6-7,14-21H2,1H3. The van der Waals surface area contributed by atoms with Gasteiger partial charge in [0.05, 0.1) is 0 Å². The molecule has 164 valence electrons. The molecule has 1 atom stereocenters. The van der Waals surface area contributed by atoms with Crippen LogP contribution < -0.4 is 10.1 Å². The zero-order valence-electron chi connectivity index (χ0n) is 18.3. The number of benzene rings is 2. The number of nitrogens with one attached hydrogen (secondary N) is 1. The zero-order valence-corrected chi connectivity index (χ0v) is 18.3. The molecule has 5 nitrogen and oxygen atoms in total. The number of aliphatic hydroxyl groups is 1. The molecule has 1 saturated heterocycles. The maximum Gasteiger partial charge on any atom is 0.119 e. The van der Waals surface area contributed by atoms with Crippen molar-refractivity contribution in [2.75, 3.05) is 46.4 Å². The summed E-state index contributed by atoms with van der Waals surface area (Å²) in [5.41, 5.74) is 2.50. The largest absolute Gasteiger partial charge is 0.491 e. The second-order valence-electron chi connectivity index (χ2n) is 8.37. The predicted octanol–water partition coefficient (Wildman–Crippen LogP) is 3.13. The van der Waals surface area contributed by atoms with E-state index in [0.717, 1.165) is 31.9 Å². The Morgan fingerprint density at radius 1 is 1.00 bits per heavy atom. The summed E-state index contributed by atoms with van der Waals surface area (Å²) in [5.74, 6) is 0.803. The summed E-state index contributed by atoms with van der Waals surface area (Å²) in [7, 11) is 2.02. The van der Waals surface area contributed by atoms with Crippen molar-refractivity contribution in [3.05, 3.63) is 65.7 Å². The summed E-state index contributed by atoms with van der Waals surface area (Å²) in [6, 6.07) is 18.5. The Morgan fingerprint density at radius 2 is 1.73 bits per heavy atom.